The fourth-order valence-electron chi connectivity index (χ4n) is 1.71. The first kappa shape index (κ1) is 12.8. The Kier molecular flexibility index (Phi) is 3.33. The summed E-state index contributed by atoms with van der Waals surface area (Å²) in [5, 5.41) is 15.2. The number of carboxylic acid groups (broad SMARTS) is 1. The van der Waals surface area contributed by atoms with Gasteiger partial charge in [-0.05, 0) is 25.5 Å². The molecule has 98 valence electrons. The van der Waals surface area contributed by atoms with Gasteiger partial charge in [-0.15, -0.1) is 0 Å². The zero-order valence-electron chi connectivity index (χ0n) is 10.4. The number of carbonyl (C=O) groups excluding carboxylic acids is 1. The molecular formula is C13H12N2O4. The van der Waals surface area contributed by atoms with Crippen LogP contribution >= 0.6 is 0 Å². The third-order valence-corrected chi connectivity index (χ3v) is 2.74. The molecule has 6 heteroatoms. The smallest absolute Gasteiger partial charge is 0.337 e. The SMILES string of the molecule is Cc1cccc(C(=O)O)c1NC(=O)c1cnoc1C. The van der Waals surface area contributed by atoms with Gasteiger partial charge in [0, 0.05) is 0 Å². The number of anilines is 1. The molecule has 1 amide bonds. The summed E-state index contributed by atoms with van der Waals surface area (Å²) >= 11 is 0. The minimum atomic E-state index is -1.10. The molecule has 2 aromatic rings. The standard InChI is InChI=1S/C13H12N2O4/c1-7-4-3-5-9(13(17)18)11(7)15-12(16)10-6-14-19-8(10)2/h3-6H,1-2H3,(H,15,16)(H,17,18). The molecule has 0 bridgehead atoms. The molecule has 0 radical (unpaired) electrons. The molecule has 0 aliphatic heterocycles. The second-order valence-corrected chi connectivity index (χ2v) is 4.05. The van der Waals surface area contributed by atoms with Gasteiger partial charge in [0.25, 0.3) is 5.91 Å². The van der Waals surface area contributed by atoms with E-state index in [2.05, 4.69) is 10.5 Å². The predicted molar refractivity (Wildman–Crippen MR) is 67.3 cm³/mol. The van der Waals surface area contributed by atoms with Crippen molar-refractivity contribution >= 4 is 17.6 Å². The molecule has 2 N–H and O–H groups in total. The summed E-state index contributed by atoms with van der Waals surface area (Å²) in [6, 6.07) is 4.78. The van der Waals surface area contributed by atoms with Crippen molar-refractivity contribution < 1.29 is 19.2 Å². The molecule has 6 nitrogen and oxygen atoms in total. The molecule has 2 rings (SSSR count). The van der Waals surface area contributed by atoms with Crippen molar-refractivity contribution in [1.82, 2.24) is 5.16 Å². The second-order valence-electron chi connectivity index (χ2n) is 4.05. The highest BCUT2D eigenvalue weighted by molar-refractivity contribution is 6.08. The molecule has 1 heterocycles. The number of nitrogens with zero attached hydrogens (tertiary/aromatic N) is 1. The van der Waals surface area contributed by atoms with E-state index in [-0.39, 0.29) is 16.8 Å². The number of hydrogen-bond acceptors (Lipinski definition) is 4. The summed E-state index contributed by atoms with van der Waals surface area (Å²) in [4.78, 5) is 23.1. The van der Waals surface area contributed by atoms with E-state index in [0.29, 0.717) is 11.3 Å². The molecule has 0 saturated carbocycles. The van der Waals surface area contributed by atoms with Gasteiger partial charge in [0.2, 0.25) is 0 Å². The van der Waals surface area contributed by atoms with E-state index < -0.39 is 11.9 Å². The lowest BCUT2D eigenvalue weighted by atomic mass is 10.1. The molecule has 0 atom stereocenters. The molecule has 0 spiro atoms. The van der Waals surface area contributed by atoms with Gasteiger partial charge in [-0.3, -0.25) is 4.79 Å². The fraction of sp³-hybridized carbons (Fsp3) is 0.154. The average Bonchev–Trinajstić information content (AvgIpc) is 2.77. The number of aromatic nitrogens is 1. The molecule has 0 saturated heterocycles. The number of carboxylic acids is 1. The molecule has 0 aliphatic carbocycles. The molecule has 19 heavy (non-hydrogen) atoms. The normalized spacial score (nSPS) is 10.2. The third kappa shape index (κ3) is 2.47. The van der Waals surface area contributed by atoms with Crippen LogP contribution in [0.2, 0.25) is 0 Å². The van der Waals surface area contributed by atoms with E-state index in [1.807, 2.05) is 0 Å². The Morgan fingerprint density at radius 1 is 1.26 bits per heavy atom. The highest BCUT2D eigenvalue weighted by atomic mass is 16.5. The van der Waals surface area contributed by atoms with Crippen molar-refractivity contribution in [2.45, 2.75) is 13.8 Å². The fourth-order valence-corrected chi connectivity index (χ4v) is 1.71. The van der Waals surface area contributed by atoms with Gasteiger partial charge in [0.15, 0.2) is 0 Å². The van der Waals surface area contributed by atoms with Gasteiger partial charge < -0.3 is 14.9 Å². The number of amides is 1. The Bertz CT molecular complexity index is 646. The summed E-state index contributed by atoms with van der Waals surface area (Å²) < 4.78 is 4.80. The van der Waals surface area contributed by atoms with E-state index in [4.69, 9.17) is 9.63 Å². The number of aryl methyl sites for hydroxylation is 2. The van der Waals surface area contributed by atoms with Crippen molar-refractivity contribution in [3.63, 3.8) is 0 Å². The van der Waals surface area contributed by atoms with Crippen molar-refractivity contribution in [2.24, 2.45) is 0 Å². The maximum atomic E-state index is 12.0. The van der Waals surface area contributed by atoms with Crippen LogP contribution in [0.15, 0.2) is 28.9 Å². The van der Waals surface area contributed by atoms with Gasteiger partial charge in [-0.2, -0.15) is 0 Å². The number of benzene rings is 1. The van der Waals surface area contributed by atoms with Crippen molar-refractivity contribution in [3.8, 4) is 0 Å². The zero-order chi connectivity index (χ0) is 14.0. The van der Waals surface area contributed by atoms with E-state index >= 15 is 0 Å². The van der Waals surface area contributed by atoms with Crippen LogP contribution in [0.25, 0.3) is 0 Å². The van der Waals surface area contributed by atoms with Gasteiger partial charge in [-0.25, -0.2) is 4.79 Å². The Hall–Kier alpha value is -2.63. The number of hydrogen-bond donors (Lipinski definition) is 2. The maximum Gasteiger partial charge on any atom is 0.337 e. The lowest BCUT2D eigenvalue weighted by Crippen LogP contribution is -2.16. The van der Waals surface area contributed by atoms with E-state index in [1.54, 1.807) is 26.0 Å². The first-order valence-electron chi connectivity index (χ1n) is 5.56. The van der Waals surface area contributed by atoms with E-state index in [9.17, 15) is 9.59 Å². The Morgan fingerprint density at radius 2 is 2.00 bits per heavy atom. The summed E-state index contributed by atoms with van der Waals surface area (Å²) in [6.07, 6.45) is 1.30. The Labute approximate surface area is 109 Å². The summed E-state index contributed by atoms with van der Waals surface area (Å²) in [5.41, 5.74) is 1.27. The van der Waals surface area contributed by atoms with Crippen LogP contribution in [0, 0.1) is 13.8 Å². The predicted octanol–water partition coefficient (Wildman–Crippen LogP) is 2.24. The first-order chi connectivity index (χ1) is 9.00. The summed E-state index contributed by atoms with van der Waals surface area (Å²) in [6.45, 7) is 3.33. The largest absolute Gasteiger partial charge is 0.478 e. The zero-order valence-corrected chi connectivity index (χ0v) is 10.4. The van der Waals surface area contributed by atoms with Gasteiger partial charge in [0.05, 0.1) is 17.4 Å². The summed E-state index contributed by atoms with van der Waals surface area (Å²) in [7, 11) is 0. The number of para-hydroxylation sites is 1. The average molecular weight is 260 g/mol. The van der Waals surface area contributed by atoms with Crippen molar-refractivity contribution in [3.05, 3.63) is 46.8 Å². The summed E-state index contributed by atoms with van der Waals surface area (Å²) in [5.74, 6) is -1.17. The van der Waals surface area contributed by atoms with Crippen molar-refractivity contribution in [1.29, 1.82) is 0 Å². The third-order valence-electron chi connectivity index (χ3n) is 2.74. The number of rotatable bonds is 3. The molecule has 1 aromatic heterocycles. The minimum Gasteiger partial charge on any atom is -0.478 e. The van der Waals surface area contributed by atoms with Crippen LogP contribution in [0.4, 0.5) is 5.69 Å². The lowest BCUT2D eigenvalue weighted by molar-refractivity contribution is 0.0698. The van der Waals surface area contributed by atoms with Gasteiger partial charge >= 0.3 is 5.97 Å². The Morgan fingerprint density at radius 3 is 2.58 bits per heavy atom. The van der Waals surface area contributed by atoms with Crippen LogP contribution in [0.5, 0.6) is 0 Å². The quantitative estimate of drug-likeness (QED) is 0.882. The topological polar surface area (TPSA) is 92.4 Å². The van der Waals surface area contributed by atoms with E-state index in [1.165, 1.54) is 12.3 Å². The molecule has 0 unspecified atom stereocenters. The van der Waals surface area contributed by atoms with Crippen LogP contribution < -0.4 is 5.32 Å². The molecule has 0 fully saturated rings. The number of carbonyl (C=O) groups is 2. The molecular weight excluding hydrogens is 248 g/mol. The molecule has 0 aliphatic rings. The van der Waals surface area contributed by atoms with Crippen LogP contribution in [-0.4, -0.2) is 22.1 Å². The minimum absolute atomic E-state index is 0.0439. The monoisotopic (exact) mass is 260 g/mol. The van der Waals surface area contributed by atoms with Crippen LogP contribution in [0.3, 0.4) is 0 Å². The van der Waals surface area contributed by atoms with Gasteiger partial charge in [0.1, 0.15) is 11.3 Å². The maximum absolute atomic E-state index is 12.0. The highest BCUT2D eigenvalue weighted by Crippen LogP contribution is 2.22. The van der Waals surface area contributed by atoms with E-state index in [0.717, 1.165) is 0 Å². The first-order valence-corrected chi connectivity index (χ1v) is 5.56. The molecule has 1 aromatic carbocycles. The highest BCUT2D eigenvalue weighted by Gasteiger charge is 2.18. The van der Waals surface area contributed by atoms with Crippen LogP contribution in [0.1, 0.15) is 32.0 Å². The number of nitrogens with one attached hydrogen (secondary N) is 1. The van der Waals surface area contributed by atoms with Gasteiger partial charge in [-0.1, -0.05) is 17.3 Å². The van der Waals surface area contributed by atoms with Crippen molar-refractivity contribution in [2.75, 3.05) is 5.32 Å². The second kappa shape index (κ2) is 4.93. The lowest BCUT2D eigenvalue weighted by Gasteiger charge is -2.10. The number of aromatic carboxylic acids is 1. The Balaban J connectivity index is 2.36. The van der Waals surface area contributed by atoms with Crippen LogP contribution in [-0.2, 0) is 0 Å².